The SMILES string of the molecule is O=C(NC1CCc2c(F)cccc21)N(CCCO)Cc1ccncc1. The molecule has 1 heterocycles. The number of aromatic nitrogens is 1. The Morgan fingerprint density at radius 1 is 1.32 bits per heavy atom. The summed E-state index contributed by atoms with van der Waals surface area (Å²) in [5, 5.41) is 12.1. The maximum atomic E-state index is 13.9. The quantitative estimate of drug-likeness (QED) is 0.848. The van der Waals surface area contributed by atoms with Gasteiger partial charge in [-0.1, -0.05) is 12.1 Å². The first-order valence-electron chi connectivity index (χ1n) is 8.51. The molecule has 132 valence electrons. The summed E-state index contributed by atoms with van der Waals surface area (Å²) in [5.41, 5.74) is 2.53. The number of carbonyl (C=O) groups is 1. The molecule has 1 atom stereocenters. The number of urea groups is 1. The number of amides is 2. The predicted octanol–water partition coefficient (Wildman–Crippen LogP) is 2.80. The summed E-state index contributed by atoms with van der Waals surface area (Å²) in [7, 11) is 0. The van der Waals surface area contributed by atoms with E-state index in [1.54, 1.807) is 23.4 Å². The monoisotopic (exact) mass is 343 g/mol. The summed E-state index contributed by atoms with van der Waals surface area (Å²) >= 11 is 0. The number of fused-ring (bicyclic) bond motifs is 1. The number of hydrogen-bond donors (Lipinski definition) is 2. The first-order chi connectivity index (χ1) is 12.2. The van der Waals surface area contributed by atoms with E-state index >= 15 is 0 Å². The highest BCUT2D eigenvalue weighted by Gasteiger charge is 2.27. The van der Waals surface area contributed by atoms with Gasteiger partial charge in [0, 0.05) is 32.1 Å². The largest absolute Gasteiger partial charge is 0.396 e. The summed E-state index contributed by atoms with van der Waals surface area (Å²) in [4.78, 5) is 18.4. The molecule has 1 aliphatic carbocycles. The minimum Gasteiger partial charge on any atom is -0.396 e. The van der Waals surface area contributed by atoms with Crippen molar-refractivity contribution in [1.29, 1.82) is 0 Å². The lowest BCUT2D eigenvalue weighted by Crippen LogP contribution is -2.41. The second-order valence-electron chi connectivity index (χ2n) is 6.20. The minimum atomic E-state index is -0.205. The number of aliphatic hydroxyl groups is 1. The molecule has 2 aromatic rings. The number of pyridine rings is 1. The lowest BCUT2D eigenvalue weighted by Gasteiger charge is -2.25. The maximum Gasteiger partial charge on any atom is 0.318 e. The highest BCUT2D eigenvalue weighted by Crippen LogP contribution is 2.32. The van der Waals surface area contributed by atoms with Crippen LogP contribution in [0, 0.1) is 5.82 Å². The number of aliphatic hydroxyl groups excluding tert-OH is 1. The van der Waals surface area contributed by atoms with Crippen LogP contribution < -0.4 is 5.32 Å². The van der Waals surface area contributed by atoms with Gasteiger partial charge in [0.2, 0.25) is 0 Å². The number of hydrogen-bond acceptors (Lipinski definition) is 3. The summed E-state index contributed by atoms with van der Waals surface area (Å²) < 4.78 is 13.9. The third-order valence-electron chi connectivity index (χ3n) is 4.51. The van der Waals surface area contributed by atoms with Crippen LogP contribution in [-0.2, 0) is 13.0 Å². The smallest absolute Gasteiger partial charge is 0.318 e. The van der Waals surface area contributed by atoms with E-state index in [1.165, 1.54) is 6.07 Å². The predicted molar refractivity (Wildman–Crippen MR) is 92.3 cm³/mol. The molecular formula is C19H22FN3O2. The molecule has 0 spiro atoms. The van der Waals surface area contributed by atoms with Gasteiger partial charge in [-0.2, -0.15) is 0 Å². The fraction of sp³-hybridized carbons (Fsp3) is 0.368. The van der Waals surface area contributed by atoms with Gasteiger partial charge in [0.15, 0.2) is 0 Å². The molecule has 1 aromatic carbocycles. The van der Waals surface area contributed by atoms with Crippen molar-refractivity contribution < 1.29 is 14.3 Å². The molecule has 1 unspecified atom stereocenters. The van der Waals surface area contributed by atoms with Gasteiger partial charge in [-0.25, -0.2) is 9.18 Å². The van der Waals surface area contributed by atoms with Crippen molar-refractivity contribution in [3.63, 3.8) is 0 Å². The van der Waals surface area contributed by atoms with Crippen LogP contribution >= 0.6 is 0 Å². The van der Waals surface area contributed by atoms with Gasteiger partial charge in [0.25, 0.3) is 0 Å². The molecular weight excluding hydrogens is 321 g/mol. The van der Waals surface area contributed by atoms with Gasteiger partial charge in [-0.15, -0.1) is 0 Å². The summed E-state index contributed by atoms with van der Waals surface area (Å²) in [5.74, 6) is -0.205. The Labute approximate surface area is 146 Å². The highest BCUT2D eigenvalue weighted by atomic mass is 19.1. The van der Waals surface area contributed by atoms with Crippen LogP contribution in [0.15, 0.2) is 42.7 Å². The molecule has 0 saturated carbocycles. The average Bonchev–Trinajstić information content (AvgIpc) is 3.04. The number of nitrogens with one attached hydrogen (secondary N) is 1. The lowest BCUT2D eigenvalue weighted by atomic mass is 10.1. The van der Waals surface area contributed by atoms with E-state index in [9.17, 15) is 9.18 Å². The third kappa shape index (κ3) is 4.14. The maximum absolute atomic E-state index is 13.9. The molecule has 6 heteroatoms. The molecule has 0 saturated heterocycles. The van der Waals surface area contributed by atoms with Crippen molar-refractivity contribution in [2.24, 2.45) is 0 Å². The Hall–Kier alpha value is -2.47. The topological polar surface area (TPSA) is 65.5 Å². The first kappa shape index (κ1) is 17.4. The molecule has 5 nitrogen and oxygen atoms in total. The Morgan fingerprint density at radius 3 is 2.88 bits per heavy atom. The Bertz CT molecular complexity index is 724. The second kappa shape index (κ2) is 8.07. The van der Waals surface area contributed by atoms with Gasteiger partial charge < -0.3 is 15.3 Å². The number of rotatable bonds is 6. The summed E-state index contributed by atoms with van der Waals surface area (Å²) in [6.45, 7) is 0.919. The third-order valence-corrected chi connectivity index (χ3v) is 4.51. The van der Waals surface area contributed by atoms with E-state index < -0.39 is 0 Å². The van der Waals surface area contributed by atoms with Crippen LogP contribution in [0.4, 0.5) is 9.18 Å². The zero-order valence-electron chi connectivity index (χ0n) is 14.0. The van der Waals surface area contributed by atoms with Crippen molar-refractivity contribution in [2.45, 2.75) is 31.8 Å². The van der Waals surface area contributed by atoms with E-state index in [0.717, 1.165) is 11.1 Å². The van der Waals surface area contributed by atoms with Gasteiger partial charge in [-0.3, -0.25) is 4.98 Å². The molecule has 25 heavy (non-hydrogen) atoms. The van der Waals surface area contributed by atoms with Gasteiger partial charge in [-0.05, 0) is 54.2 Å². The van der Waals surface area contributed by atoms with Crippen LogP contribution in [-0.4, -0.2) is 34.2 Å². The molecule has 0 aliphatic heterocycles. The zero-order chi connectivity index (χ0) is 17.6. The van der Waals surface area contributed by atoms with Crippen molar-refractivity contribution in [3.05, 3.63) is 65.2 Å². The van der Waals surface area contributed by atoms with Crippen molar-refractivity contribution in [1.82, 2.24) is 15.2 Å². The van der Waals surface area contributed by atoms with Crippen LogP contribution in [0.5, 0.6) is 0 Å². The van der Waals surface area contributed by atoms with Crippen molar-refractivity contribution in [3.8, 4) is 0 Å². The molecule has 1 aliphatic rings. The summed E-state index contributed by atoms with van der Waals surface area (Å²) in [6, 6.07) is 8.36. The molecule has 1 aromatic heterocycles. The lowest BCUT2D eigenvalue weighted by molar-refractivity contribution is 0.183. The Balaban J connectivity index is 1.70. The molecule has 0 radical (unpaired) electrons. The molecule has 3 rings (SSSR count). The fourth-order valence-electron chi connectivity index (χ4n) is 3.22. The number of benzene rings is 1. The standard InChI is InChI=1S/C19H22FN3O2/c20-17-4-1-3-16-15(17)5-6-18(16)22-19(25)23(11-2-12-24)13-14-7-9-21-10-8-14/h1,3-4,7-10,18,24H,2,5-6,11-13H2,(H,22,25). The van der Waals surface area contributed by atoms with E-state index in [2.05, 4.69) is 10.3 Å². The Morgan fingerprint density at radius 2 is 2.12 bits per heavy atom. The van der Waals surface area contributed by atoms with E-state index in [0.29, 0.717) is 37.9 Å². The number of carbonyl (C=O) groups excluding carboxylic acids is 1. The van der Waals surface area contributed by atoms with Gasteiger partial charge >= 0.3 is 6.03 Å². The van der Waals surface area contributed by atoms with E-state index in [-0.39, 0.29) is 24.5 Å². The van der Waals surface area contributed by atoms with Gasteiger partial charge in [0.05, 0.1) is 6.04 Å². The average molecular weight is 343 g/mol. The zero-order valence-corrected chi connectivity index (χ0v) is 14.0. The summed E-state index contributed by atoms with van der Waals surface area (Å²) in [6.07, 6.45) is 5.22. The normalized spacial score (nSPS) is 15.7. The van der Waals surface area contributed by atoms with Crippen molar-refractivity contribution in [2.75, 3.05) is 13.2 Å². The van der Waals surface area contributed by atoms with E-state index in [1.807, 2.05) is 18.2 Å². The molecule has 2 N–H and O–H groups in total. The minimum absolute atomic E-state index is 0.0254. The molecule has 2 amide bonds. The van der Waals surface area contributed by atoms with Crippen molar-refractivity contribution >= 4 is 6.03 Å². The van der Waals surface area contributed by atoms with Gasteiger partial charge in [0.1, 0.15) is 5.82 Å². The first-order valence-corrected chi connectivity index (χ1v) is 8.51. The fourth-order valence-corrected chi connectivity index (χ4v) is 3.22. The van der Waals surface area contributed by atoms with Crippen LogP contribution in [0.1, 0.15) is 35.6 Å². The van der Waals surface area contributed by atoms with Crippen LogP contribution in [0.3, 0.4) is 0 Å². The Kier molecular flexibility index (Phi) is 5.60. The number of nitrogens with zero attached hydrogens (tertiary/aromatic N) is 2. The molecule has 0 fully saturated rings. The number of halogens is 1. The van der Waals surface area contributed by atoms with Crippen LogP contribution in [0.2, 0.25) is 0 Å². The highest BCUT2D eigenvalue weighted by molar-refractivity contribution is 5.75. The molecule has 0 bridgehead atoms. The van der Waals surface area contributed by atoms with Crippen LogP contribution in [0.25, 0.3) is 0 Å². The second-order valence-corrected chi connectivity index (χ2v) is 6.20. The van der Waals surface area contributed by atoms with E-state index in [4.69, 9.17) is 5.11 Å².